The first-order chi connectivity index (χ1) is 16.7. The predicted molar refractivity (Wildman–Crippen MR) is 135 cm³/mol. The molecule has 4 rings (SSSR count). The number of fused-ring (bicyclic) bond motifs is 2. The molecule has 0 saturated carbocycles. The smallest absolute Gasteiger partial charge is 0.255 e. The van der Waals surface area contributed by atoms with Gasteiger partial charge in [0.05, 0.1) is 23.9 Å². The van der Waals surface area contributed by atoms with Crippen LogP contribution in [-0.4, -0.2) is 65.1 Å². The van der Waals surface area contributed by atoms with Gasteiger partial charge in [0.2, 0.25) is 0 Å². The fourth-order valence-electron chi connectivity index (χ4n) is 3.75. The number of benzene rings is 1. The Morgan fingerprint density at radius 2 is 2.11 bits per heavy atom. The minimum absolute atomic E-state index is 0.180. The van der Waals surface area contributed by atoms with Crippen molar-refractivity contribution in [3.63, 3.8) is 0 Å². The molecular formula is C24H31FN6O3Si. The van der Waals surface area contributed by atoms with E-state index in [1.807, 2.05) is 6.92 Å². The highest BCUT2D eigenvalue weighted by molar-refractivity contribution is 6.76. The van der Waals surface area contributed by atoms with Crippen molar-refractivity contribution < 1.29 is 18.7 Å². The maximum Gasteiger partial charge on any atom is 0.255 e. The van der Waals surface area contributed by atoms with Crippen molar-refractivity contribution >= 4 is 36.0 Å². The highest BCUT2D eigenvalue weighted by atomic mass is 28.3. The lowest BCUT2D eigenvalue weighted by molar-refractivity contribution is 0.0881. The third-order valence-corrected chi connectivity index (χ3v) is 7.30. The highest BCUT2D eigenvalue weighted by Crippen LogP contribution is 2.27. The van der Waals surface area contributed by atoms with Crippen LogP contribution in [0, 0.1) is 5.82 Å². The number of hydrogen-bond donors (Lipinski definition) is 2. The summed E-state index contributed by atoms with van der Waals surface area (Å²) in [7, 11) is 0.363. The molecule has 1 amide bonds. The number of ether oxygens (including phenoxy) is 2. The summed E-state index contributed by atoms with van der Waals surface area (Å²) in [5, 5.41) is 10.8. The summed E-state index contributed by atoms with van der Waals surface area (Å²) in [5.41, 5.74) is 2.94. The van der Waals surface area contributed by atoms with Gasteiger partial charge in [0.1, 0.15) is 29.5 Å². The van der Waals surface area contributed by atoms with Gasteiger partial charge in [-0.25, -0.2) is 14.4 Å². The van der Waals surface area contributed by atoms with Crippen LogP contribution in [0.3, 0.4) is 0 Å². The van der Waals surface area contributed by atoms with Crippen molar-refractivity contribution in [2.45, 2.75) is 45.4 Å². The SMILES string of the molecule is COC[C@H](C)NC(=O)c1cn(COCC[Si](C)(C)C)c2ncc(-c3n[nH]c4cc(F)ccc34)nc12. The number of nitrogens with zero attached hydrogens (tertiary/aromatic N) is 4. The maximum absolute atomic E-state index is 13.6. The molecule has 0 radical (unpaired) electrons. The number of halogens is 1. The molecule has 0 unspecified atom stereocenters. The van der Waals surface area contributed by atoms with E-state index in [0.717, 1.165) is 6.04 Å². The van der Waals surface area contributed by atoms with Crippen LogP contribution < -0.4 is 5.32 Å². The number of carbonyl (C=O) groups is 1. The molecule has 4 aromatic rings. The first-order valence-electron chi connectivity index (χ1n) is 11.5. The van der Waals surface area contributed by atoms with E-state index in [1.165, 1.54) is 12.1 Å². The molecule has 0 fully saturated rings. The van der Waals surface area contributed by atoms with Gasteiger partial charge < -0.3 is 19.4 Å². The lowest BCUT2D eigenvalue weighted by Crippen LogP contribution is -2.35. The molecule has 9 nitrogen and oxygen atoms in total. The summed E-state index contributed by atoms with van der Waals surface area (Å²) >= 11 is 0. The predicted octanol–water partition coefficient (Wildman–Crippen LogP) is 4.19. The summed E-state index contributed by atoms with van der Waals surface area (Å²) in [6, 6.07) is 5.25. The minimum atomic E-state index is -1.22. The molecule has 0 aliphatic rings. The first kappa shape index (κ1) is 25.0. The second-order valence-corrected chi connectivity index (χ2v) is 15.5. The second kappa shape index (κ2) is 10.2. The number of H-pyrrole nitrogens is 1. The maximum atomic E-state index is 13.6. The average Bonchev–Trinajstić information content (AvgIpc) is 3.37. The molecular weight excluding hydrogens is 467 g/mol. The van der Waals surface area contributed by atoms with Crippen LogP contribution in [0.5, 0.6) is 0 Å². The first-order valence-corrected chi connectivity index (χ1v) is 15.2. The molecule has 3 heterocycles. The van der Waals surface area contributed by atoms with E-state index in [2.05, 4.69) is 40.1 Å². The number of rotatable bonds is 10. The molecule has 11 heteroatoms. The summed E-state index contributed by atoms with van der Waals surface area (Å²) < 4.78 is 26.5. The Balaban J connectivity index is 1.70. The van der Waals surface area contributed by atoms with E-state index in [-0.39, 0.29) is 24.5 Å². The number of aromatic amines is 1. The lowest BCUT2D eigenvalue weighted by atomic mass is 10.1. The average molecular weight is 499 g/mol. The number of carbonyl (C=O) groups excluding carboxylic acids is 1. The molecule has 3 aromatic heterocycles. The van der Waals surface area contributed by atoms with Crippen LogP contribution >= 0.6 is 0 Å². The summed E-state index contributed by atoms with van der Waals surface area (Å²) in [5.74, 6) is -0.634. The standard InChI is InChI=1S/C24H31FN6O3Si/c1-15(13-33-2)27-24(32)18-12-31(14-34-8-9-35(3,4)5)23-22(18)28-20(11-26-23)21-17-7-6-16(25)10-19(17)29-30-21/h6-7,10-12,15H,8-9,13-14H2,1-5H3,(H,27,32)(H,29,30)/t15-/m0/s1. The molecule has 1 aromatic carbocycles. The largest absolute Gasteiger partial charge is 0.383 e. The molecule has 0 aliphatic carbocycles. The Kier molecular flexibility index (Phi) is 7.29. The summed E-state index contributed by atoms with van der Waals surface area (Å²) in [4.78, 5) is 22.5. The van der Waals surface area contributed by atoms with Crippen molar-refractivity contribution in [2.24, 2.45) is 0 Å². The van der Waals surface area contributed by atoms with Crippen LogP contribution in [0.25, 0.3) is 33.5 Å². The molecule has 186 valence electrons. The van der Waals surface area contributed by atoms with Crippen LogP contribution in [0.4, 0.5) is 4.39 Å². The number of aromatic nitrogens is 5. The van der Waals surface area contributed by atoms with E-state index in [9.17, 15) is 9.18 Å². The van der Waals surface area contributed by atoms with Crippen LogP contribution in [0.2, 0.25) is 25.7 Å². The van der Waals surface area contributed by atoms with E-state index in [0.29, 0.717) is 52.2 Å². The van der Waals surface area contributed by atoms with Crippen molar-refractivity contribution in [2.75, 3.05) is 20.3 Å². The quantitative estimate of drug-likeness (QED) is 0.251. The topological polar surface area (TPSA) is 107 Å². The van der Waals surface area contributed by atoms with Gasteiger partial charge in [0.15, 0.2) is 5.65 Å². The number of nitrogens with one attached hydrogen (secondary N) is 2. The molecule has 1 atom stereocenters. The van der Waals surface area contributed by atoms with Crippen molar-refractivity contribution in [3.8, 4) is 11.4 Å². The van der Waals surface area contributed by atoms with Gasteiger partial charge in [0, 0.05) is 39.4 Å². The van der Waals surface area contributed by atoms with E-state index < -0.39 is 8.07 Å². The minimum Gasteiger partial charge on any atom is -0.383 e. The molecule has 0 bridgehead atoms. The normalized spacial score (nSPS) is 13.0. The van der Waals surface area contributed by atoms with Gasteiger partial charge >= 0.3 is 0 Å². The molecule has 2 N–H and O–H groups in total. The van der Waals surface area contributed by atoms with Crippen molar-refractivity contribution in [3.05, 3.63) is 42.0 Å². The third kappa shape index (κ3) is 5.74. The van der Waals surface area contributed by atoms with Gasteiger partial charge in [-0.15, -0.1) is 0 Å². The Morgan fingerprint density at radius 3 is 2.86 bits per heavy atom. The van der Waals surface area contributed by atoms with Crippen molar-refractivity contribution in [1.82, 2.24) is 30.0 Å². The van der Waals surface area contributed by atoms with Gasteiger partial charge in [-0.1, -0.05) is 19.6 Å². The van der Waals surface area contributed by atoms with Crippen LogP contribution in [0.15, 0.2) is 30.6 Å². The van der Waals surface area contributed by atoms with E-state index in [1.54, 1.807) is 30.1 Å². The van der Waals surface area contributed by atoms with Crippen molar-refractivity contribution in [1.29, 1.82) is 0 Å². The fraction of sp³-hybridized carbons (Fsp3) is 0.417. The fourth-order valence-corrected chi connectivity index (χ4v) is 4.51. The Bertz CT molecular complexity index is 1350. The zero-order valence-corrected chi connectivity index (χ0v) is 21.7. The number of hydrogen-bond acceptors (Lipinski definition) is 6. The Morgan fingerprint density at radius 1 is 1.31 bits per heavy atom. The Hall–Kier alpha value is -3.15. The Labute approximate surface area is 204 Å². The molecule has 0 spiro atoms. The van der Waals surface area contributed by atoms with E-state index >= 15 is 0 Å². The second-order valence-electron chi connectivity index (χ2n) is 9.88. The van der Waals surface area contributed by atoms with Gasteiger partial charge in [-0.3, -0.25) is 9.89 Å². The van der Waals surface area contributed by atoms with Gasteiger partial charge in [-0.05, 0) is 31.2 Å². The third-order valence-electron chi connectivity index (χ3n) is 5.60. The lowest BCUT2D eigenvalue weighted by Gasteiger charge is -2.15. The number of amides is 1. The molecule has 35 heavy (non-hydrogen) atoms. The van der Waals surface area contributed by atoms with Crippen LogP contribution in [-0.2, 0) is 16.2 Å². The summed E-state index contributed by atoms with van der Waals surface area (Å²) in [6.45, 7) is 10.0. The number of methoxy groups -OCH3 is 1. The highest BCUT2D eigenvalue weighted by Gasteiger charge is 2.21. The monoisotopic (exact) mass is 498 g/mol. The molecule has 0 aliphatic heterocycles. The zero-order chi connectivity index (χ0) is 25.2. The molecule has 0 saturated heterocycles. The summed E-state index contributed by atoms with van der Waals surface area (Å²) in [6.07, 6.45) is 3.32. The van der Waals surface area contributed by atoms with Gasteiger partial charge in [0.25, 0.3) is 5.91 Å². The van der Waals surface area contributed by atoms with Gasteiger partial charge in [-0.2, -0.15) is 5.10 Å². The van der Waals surface area contributed by atoms with E-state index in [4.69, 9.17) is 14.5 Å². The van der Waals surface area contributed by atoms with Crippen LogP contribution in [0.1, 0.15) is 17.3 Å². The zero-order valence-electron chi connectivity index (χ0n) is 20.7.